The van der Waals surface area contributed by atoms with Crippen LogP contribution in [-0.4, -0.2) is 28.1 Å². The van der Waals surface area contributed by atoms with Gasteiger partial charge in [0, 0.05) is 22.6 Å². The lowest BCUT2D eigenvalue weighted by atomic mass is 9.90. The summed E-state index contributed by atoms with van der Waals surface area (Å²) in [6, 6.07) is 9.19. The van der Waals surface area contributed by atoms with Crippen molar-refractivity contribution < 1.29 is 29.3 Å². The quantitative estimate of drug-likeness (QED) is 0.395. The van der Waals surface area contributed by atoms with Crippen LogP contribution in [0, 0.1) is 5.92 Å². The van der Waals surface area contributed by atoms with E-state index in [2.05, 4.69) is 6.58 Å². The van der Waals surface area contributed by atoms with Crippen LogP contribution < -0.4 is 0 Å². The van der Waals surface area contributed by atoms with Crippen molar-refractivity contribution in [2.45, 2.75) is 46.1 Å². The van der Waals surface area contributed by atoms with Crippen molar-refractivity contribution in [3.63, 3.8) is 0 Å². The lowest BCUT2D eigenvalue weighted by Gasteiger charge is -2.15. The van der Waals surface area contributed by atoms with Crippen molar-refractivity contribution in [3.05, 3.63) is 71.3 Å². The highest BCUT2D eigenvalue weighted by Gasteiger charge is 2.20. The lowest BCUT2D eigenvalue weighted by Crippen LogP contribution is -2.14. The molecule has 6 heteroatoms. The molecule has 0 saturated carbocycles. The standard InChI is InChI=1S/C23H28O6/c1-4-5-11-19(14-17(3)21(24)25)20(22(26)27)13-12-16(2)23(28)29-15-18-9-7-6-8-10-18/h6-10,13-14,19H,2,4-5,11-12,15H2,1,3H3,(H,24,25)(H,26,27). The third kappa shape index (κ3) is 8.60. The molecule has 0 heterocycles. The predicted molar refractivity (Wildman–Crippen MR) is 110 cm³/mol. The van der Waals surface area contributed by atoms with Gasteiger partial charge in [-0.3, -0.25) is 0 Å². The Labute approximate surface area is 171 Å². The SMILES string of the molecule is C=C(CC=C(C(=O)O)C(C=C(C)C(=O)O)CCCC)C(=O)OCc1ccccc1. The van der Waals surface area contributed by atoms with Gasteiger partial charge in [0.25, 0.3) is 0 Å². The Morgan fingerprint density at radius 2 is 1.79 bits per heavy atom. The van der Waals surface area contributed by atoms with Crippen LogP contribution in [-0.2, 0) is 25.7 Å². The van der Waals surface area contributed by atoms with Gasteiger partial charge in [-0.15, -0.1) is 0 Å². The Kier molecular flexibility index (Phi) is 10.2. The fraction of sp³-hybridized carbons (Fsp3) is 0.348. The van der Waals surface area contributed by atoms with E-state index in [-0.39, 0.29) is 29.7 Å². The molecule has 1 unspecified atom stereocenters. The molecule has 0 fully saturated rings. The molecule has 0 aliphatic heterocycles. The van der Waals surface area contributed by atoms with Gasteiger partial charge in [-0.1, -0.05) is 68.8 Å². The van der Waals surface area contributed by atoms with Gasteiger partial charge in [-0.25, -0.2) is 14.4 Å². The summed E-state index contributed by atoms with van der Waals surface area (Å²) in [6.45, 7) is 7.20. The van der Waals surface area contributed by atoms with Gasteiger partial charge < -0.3 is 14.9 Å². The largest absolute Gasteiger partial charge is 0.478 e. The lowest BCUT2D eigenvalue weighted by molar-refractivity contribution is -0.140. The maximum absolute atomic E-state index is 12.1. The molecule has 0 saturated heterocycles. The molecule has 0 spiro atoms. The Balaban J connectivity index is 2.87. The maximum Gasteiger partial charge on any atom is 0.334 e. The number of carboxylic acids is 2. The molecular formula is C23H28O6. The van der Waals surface area contributed by atoms with Crippen molar-refractivity contribution in [1.82, 2.24) is 0 Å². The van der Waals surface area contributed by atoms with Crippen LogP contribution in [0.4, 0.5) is 0 Å². The predicted octanol–water partition coefficient (Wildman–Crippen LogP) is 4.52. The number of hydrogen-bond acceptors (Lipinski definition) is 4. The van der Waals surface area contributed by atoms with E-state index in [1.807, 2.05) is 37.3 Å². The number of benzene rings is 1. The number of aliphatic carboxylic acids is 2. The summed E-state index contributed by atoms with van der Waals surface area (Å²) in [5.41, 5.74) is 1.10. The van der Waals surface area contributed by atoms with Crippen LogP contribution >= 0.6 is 0 Å². The summed E-state index contributed by atoms with van der Waals surface area (Å²) in [5, 5.41) is 18.7. The zero-order chi connectivity index (χ0) is 21.8. The van der Waals surface area contributed by atoms with E-state index in [4.69, 9.17) is 9.84 Å². The van der Waals surface area contributed by atoms with Gasteiger partial charge in [0.15, 0.2) is 0 Å². The van der Waals surface area contributed by atoms with Crippen LogP contribution in [0.3, 0.4) is 0 Å². The second kappa shape index (κ2) is 12.3. The highest BCUT2D eigenvalue weighted by molar-refractivity contribution is 5.91. The first-order chi connectivity index (χ1) is 13.8. The van der Waals surface area contributed by atoms with Gasteiger partial charge in [-0.2, -0.15) is 0 Å². The number of unbranched alkanes of at least 4 members (excludes halogenated alkanes) is 1. The van der Waals surface area contributed by atoms with E-state index in [9.17, 15) is 19.5 Å². The topological polar surface area (TPSA) is 101 Å². The summed E-state index contributed by atoms with van der Waals surface area (Å²) < 4.78 is 5.20. The molecule has 2 N–H and O–H groups in total. The Bertz CT molecular complexity index is 789. The van der Waals surface area contributed by atoms with Gasteiger partial charge in [0.2, 0.25) is 0 Å². The maximum atomic E-state index is 12.1. The molecule has 1 atom stereocenters. The molecule has 0 bridgehead atoms. The van der Waals surface area contributed by atoms with Crippen molar-refractivity contribution in [2.24, 2.45) is 5.92 Å². The average Bonchev–Trinajstić information content (AvgIpc) is 2.70. The third-order valence-corrected chi connectivity index (χ3v) is 4.37. The smallest absolute Gasteiger partial charge is 0.334 e. The number of rotatable bonds is 12. The van der Waals surface area contributed by atoms with E-state index in [1.165, 1.54) is 19.1 Å². The van der Waals surface area contributed by atoms with Crippen molar-refractivity contribution in [3.8, 4) is 0 Å². The van der Waals surface area contributed by atoms with Gasteiger partial charge >= 0.3 is 17.9 Å². The highest BCUT2D eigenvalue weighted by atomic mass is 16.5. The number of hydrogen-bond donors (Lipinski definition) is 2. The number of esters is 1. The van der Waals surface area contributed by atoms with Crippen molar-refractivity contribution in [1.29, 1.82) is 0 Å². The molecule has 1 aromatic carbocycles. The van der Waals surface area contributed by atoms with E-state index in [0.29, 0.717) is 6.42 Å². The summed E-state index contributed by atoms with van der Waals surface area (Å²) in [7, 11) is 0. The number of carboxylic acid groups (broad SMARTS) is 2. The van der Waals surface area contributed by atoms with E-state index in [0.717, 1.165) is 18.4 Å². The second-order valence-electron chi connectivity index (χ2n) is 6.74. The van der Waals surface area contributed by atoms with Crippen LogP contribution in [0.2, 0.25) is 0 Å². The van der Waals surface area contributed by atoms with Crippen molar-refractivity contribution in [2.75, 3.05) is 0 Å². The fourth-order valence-electron chi connectivity index (χ4n) is 2.66. The molecule has 0 aromatic heterocycles. The molecule has 0 aliphatic carbocycles. The number of allylic oxidation sites excluding steroid dienone is 2. The summed E-state index contributed by atoms with van der Waals surface area (Å²) in [6.07, 6.45) is 4.98. The van der Waals surface area contributed by atoms with Gasteiger partial charge in [0.1, 0.15) is 6.61 Å². The number of carbonyl (C=O) groups is 3. The first-order valence-corrected chi connectivity index (χ1v) is 9.50. The summed E-state index contributed by atoms with van der Waals surface area (Å²) in [4.78, 5) is 35.0. The molecule has 1 rings (SSSR count). The van der Waals surface area contributed by atoms with Gasteiger partial charge in [0.05, 0.1) is 0 Å². The van der Waals surface area contributed by atoms with Crippen LogP contribution in [0.1, 0.15) is 45.1 Å². The first-order valence-electron chi connectivity index (χ1n) is 9.50. The monoisotopic (exact) mass is 400 g/mol. The molecule has 6 nitrogen and oxygen atoms in total. The second-order valence-corrected chi connectivity index (χ2v) is 6.74. The molecule has 1 aromatic rings. The minimum absolute atomic E-state index is 0.0117. The van der Waals surface area contributed by atoms with E-state index >= 15 is 0 Å². The van der Waals surface area contributed by atoms with Crippen molar-refractivity contribution >= 4 is 17.9 Å². The molecule has 0 amide bonds. The average molecular weight is 400 g/mol. The Hall–Kier alpha value is -3.15. The van der Waals surface area contributed by atoms with Gasteiger partial charge in [-0.05, 0) is 25.3 Å². The molecule has 156 valence electrons. The first kappa shape index (κ1) is 23.9. The Morgan fingerprint density at radius 1 is 1.14 bits per heavy atom. The fourth-order valence-corrected chi connectivity index (χ4v) is 2.66. The van der Waals surface area contributed by atoms with Crippen LogP contribution in [0.15, 0.2) is 65.8 Å². The third-order valence-electron chi connectivity index (χ3n) is 4.37. The molecule has 0 radical (unpaired) electrons. The highest BCUT2D eigenvalue weighted by Crippen LogP contribution is 2.23. The summed E-state index contributed by atoms with van der Waals surface area (Å²) in [5.74, 6) is -3.40. The van der Waals surface area contributed by atoms with E-state index < -0.39 is 23.8 Å². The number of ether oxygens (including phenoxy) is 1. The zero-order valence-electron chi connectivity index (χ0n) is 16.9. The molecular weight excluding hydrogens is 372 g/mol. The number of carbonyl (C=O) groups excluding carboxylic acids is 1. The van der Waals surface area contributed by atoms with Crippen LogP contribution in [0.5, 0.6) is 0 Å². The normalized spacial score (nSPS) is 12.9. The molecule has 0 aliphatic rings. The zero-order valence-corrected chi connectivity index (χ0v) is 16.9. The molecule has 29 heavy (non-hydrogen) atoms. The summed E-state index contributed by atoms with van der Waals surface area (Å²) >= 11 is 0. The minimum Gasteiger partial charge on any atom is -0.478 e. The minimum atomic E-state index is -1.15. The Morgan fingerprint density at radius 3 is 2.34 bits per heavy atom. The van der Waals surface area contributed by atoms with Crippen LogP contribution in [0.25, 0.3) is 0 Å². The van der Waals surface area contributed by atoms with E-state index in [1.54, 1.807) is 0 Å².